The maximum absolute atomic E-state index is 10.7. The summed E-state index contributed by atoms with van der Waals surface area (Å²) in [5.41, 5.74) is 4.85. The lowest BCUT2D eigenvalue weighted by atomic mass is 10.2. The Morgan fingerprint density at radius 1 is 1.50 bits per heavy atom. The maximum atomic E-state index is 10.7. The van der Waals surface area contributed by atoms with Gasteiger partial charge < -0.3 is 15.7 Å². The molecule has 64 valence electrons. The molecule has 0 saturated heterocycles. The molecule has 12 heavy (non-hydrogen) atoms. The van der Waals surface area contributed by atoms with Gasteiger partial charge in [0.15, 0.2) is 5.75 Å². The second kappa shape index (κ2) is 3.10. The van der Waals surface area contributed by atoms with E-state index >= 15 is 0 Å². The minimum Gasteiger partial charge on any atom is -0.508 e. The van der Waals surface area contributed by atoms with Gasteiger partial charge in [-0.1, -0.05) is 0 Å². The van der Waals surface area contributed by atoms with E-state index in [2.05, 4.69) is 4.89 Å². The molecule has 5 heteroatoms. The number of primary amides is 1. The first-order chi connectivity index (χ1) is 5.65. The number of phenols is 1. The lowest BCUT2D eigenvalue weighted by molar-refractivity contribution is -0.138. The van der Waals surface area contributed by atoms with Crippen LogP contribution in [0.5, 0.6) is 11.5 Å². The molecule has 0 spiro atoms. The third-order valence-corrected chi connectivity index (χ3v) is 1.33. The molecule has 0 unspecified atom stereocenters. The third kappa shape index (κ3) is 1.46. The molecule has 0 fully saturated rings. The summed E-state index contributed by atoms with van der Waals surface area (Å²) in [7, 11) is 0. The monoisotopic (exact) mass is 169 g/mol. The largest absolute Gasteiger partial charge is 0.508 e. The highest BCUT2D eigenvalue weighted by atomic mass is 17.1. The predicted octanol–water partition coefficient (Wildman–Crippen LogP) is 0.343. The number of nitrogens with two attached hydrogens (primary N) is 1. The standard InChI is InChI=1S/C7H7NO4/c8-7(10)5-3-4(9)1-2-6(5)12-11/h1-3,9,11H,(H2,8,10). The number of hydrogen-bond donors (Lipinski definition) is 3. The summed E-state index contributed by atoms with van der Waals surface area (Å²) in [5.74, 6) is -0.986. The summed E-state index contributed by atoms with van der Waals surface area (Å²) in [6.07, 6.45) is 0. The molecule has 0 aromatic heterocycles. The fraction of sp³-hybridized carbons (Fsp3) is 0. The molecule has 0 bridgehead atoms. The molecule has 0 aliphatic rings. The van der Waals surface area contributed by atoms with Crippen LogP contribution in [0.15, 0.2) is 18.2 Å². The molecule has 1 rings (SSSR count). The highest BCUT2D eigenvalue weighted by Crippen LogP contribution is 2.22. The van der Waals surface area contributed by atoms with Crippen LogP contribution in [0.25, 0.3) is 0 Å². The van der Waals surface area contributed by atoms with Crippen LogP contribution in [0.2, 0.25) is 0 Å². The second-order valence-electron chi connectivity index (χ2n) is 2.14. The number of rotatable bonds is 2. The lowest BCUT2D eigenvalue weighted by Crippen LogP contribution is -2.12. The molecule has 1 amide bonds. The quantitative estimate of drug-likeness (QED) is 0.439. The van der Waals surface area contributed by atoms with Crippen LogP contribution in [0.4, 0.5) is 0 Å². The van der Waals surface area contributed by atoms with Crippen molar-refractivity contribution < 1.29 is 20.0 Å². The van der Waals surface area contributed by atoms with Crippen LogP contribution in [0, 0.1) is 0 Å². The van der Waals surface area contributed by atoms with Gasteiger partial charge in [-0.15, -0.1) is 0 Å². The number of hydrogen-bond acceptors (Lipinski definition) is 4. The van der Waals surface area contributed by atoms with Gasteiger partial charge in [0.1, 0.15) is 5.75 Å². The zero-order chi connectivity index (χ0) is 9.14. The lowest BCUT2D eigenvalue weighted by Gasteiger charge is -2.02. The molecule has 0 aliphatic carbocycles. The first-order valence-corrected chi connectivity index (χ1v) is 3.09. The summed E-state index contributed by atoms with van der Waals surface area (Å²) < 4.78 is 0. The minimum atomic E-state index is -0.782. The zero-order valence-corrected chi connectivity index (χ0v) is 6.02. The summed E-state index contributed by atoms with van der Waals surface area (Å²) in [6, 6.07) is 3.60. The SMILES string of the molecule is NC(=O)c1cc(O)ccc1OO. The Kier molecular flexibility index (Phi) is 2.16. The molecule has 0 radical (unpaired) electrons. The number of carbonyl (C=O) groups excluding carboxylic acids is 1. The van der Waals surface area contributed by atoms with E-state index in [0.29, 0.717) is 0 Å². The van der Waals surface area contributed by atoms with E-state index in [0.717, 1.165) is 6.07 Å². The van der Waals surface area contributed by atoms with Gasteiger partial charge in [0.05, 0.1) is 5.56 Å². The van der Waals surface area contributed by atoms with Crippen LogP contribution < -0.4 is 10.6 Å². The van der Waals surface area contributed by atoms with E-state index in [-0.39, 0.29) is 17.1 Å². The molecule has 4 N–H and O–H groups in total. The van der Waals surface area contributed by atoms with E-state index in [1.807, 2.05) is 0 Å². The Balaban J connectivity index is 3.21. The topological polar surface area (TPSA) is 92.8 Å². The average molecular weight is 169 g/mol. The van der Waals surface area contributed by atoms with Gasteiger partial charge in [-0.2, -0.15) is 0 Å². The van der Waals surface area contributed by atoms with E-state index in [4.69, 9.17) is 16.1 Å². The van der Waals surface area contributed by atoms with Crippen molar-refractivity contribution in [1.29, 1.82) is 0 Å². The second-order valence-corrected chi connectivity index (χ2v) is 2.14. The van der Waals surface area contributed by atoms with E-state index in [1.165, 1.54) is 12.1 Å². The predicted molar refractivity (Wildman–Crippen MR) is 39.9 cm³/mol. The molecule has 0 saturated carbocycles. The Morgan fingerprint density at radius 3 is 2.67 bits per heavy atom. The summed E-state index contributed by atoms with van der Waals surface area (Å²) in [6.45, 7) is 0. The van der Waals surface area contributed by atoms with Crippen molar-refractivity contribution >= 4 is 5.91 Å². The van der Waals surface area contributed by atoms with Crippen molar-refractivity contribution in [1.82, 2.24) is 0 Å². The highest BCUT2D eigenvalue weighted by molar-refractivity contribution is 5.96. The molecule has 0 atom stereocenters. The van der Waals surface area contributed by atoms with Crippen molar-refractivity contribution in [3.8, 4) is 11.5 Å². The van der Waals surface area contributed by atoms with Crippen LogP contribution in [0.1, 0.15) is 10.4 Å². The van der Waals surface area contributed by atoms with Crippen molar-refractivity contribution in [3.63, 3.8) is 0 Å². The van der Waals surface area contributed by atoms with Crippen LogP contribution >= 0.6 is 0 Å². The van der Waals surface area contributed by atoms with E-state index < -0.39 is 5.91 Å². The van der Waals surface area contributed by atoms with Gasteiger partial charge >= 0.3 is 0 Å². The molecule has 0 heterocycles. The van der Waals surface area contributed by atoms with Gasteiger partial charge in [-0.3, -0.25) is 4.79 Å². The molecular weight excluding hydrogens is 162 g/mol. The minimum absolute atomic E-state index is 0.0718. The van der Waals surface area contributed by atoms with E-state index in [9.17, 15) is 4.79 Å². The zero-order valence-electron chi connectivity index (χ0n) is 6.02. The fourth-order valence-corrected chi connectivity index (χ4v) is 0.790. The first-order valence-electron chi connectivity index (χ1n) is 3.09. The molecular formula is C7H7NO4. The van der Waals surface area contributed by atoms with Gasteiger partial charge in [-0.25, -0.2) is 5.26 Å². The number of benzene rings is 1. The third-order valence-electron chi connectivity index (χ3n) is 1.33. The number of phenolic OH excluding ortho intramolecular Hbond substituents is 1. The normalized spacial score (nSPS) is 9.42. The van der Waals surface area contributed by atoms with Gasteiger partial charge in [-0.05, 0) is 18.2 Å². The Morgan fingerprint density at radius 2 is 2.17 bits per heavy atom. The van der Waals surface area contributed by atoms with Crippen molar-refractivity contribution in [3.05, 3.63) is 23.8 Å². The number of amides is 1. The number of aromatic hydroxyl groups is 1. The van der Waals surface area contributed by atoms with Crippen LogP contribution in [-0.4, -0.2) is 16.3 Å². The molecule has 5 nitrogen and oxygen atoms in total. The van der Waals surface area contributed by atoms with Crippen LogP contribution in [-0.2, 0) is 0 Å². The Hall–Kier alpha value is -1.75. The maximum Gasteiger partial charge on any atom is 0.252 e. The Bertz CT molecular complexity index is 310. The van der Waals surface area contributed by atoms with E-state index in [1.54, 1.807) is 0 Å². The van der Waals surface area contributed by atoms with Gasteiger partial charge in [0.2, 0.25) is 0 Å². The first kappa shape index (κ1) is 8.35. The number of carbonyl (C=O) groups is 1. The Labute approximate surface area is 67.9 Å². The molecule has 1 aromatic rings. The van der Waals surface area contributed by atoms with Crippen molar-refractivity contribution in [2.24, 2.45) is 5.73 Å². The van der Waals surface area contributed by atoms with Gasteiger partial charge in [0, 0.05) is 0 Å². The van der Waals surface area contributed by atoms with Crippen LogP contribution in [0.3, 0.4) is 0 Å². The summed E-state index contributed by atoms with van der Waals surface area (Å²) in [5, 5.41) is 17.2. The van der Waals surface area contributed by atoms with Crippen molar-refractivity contribution in [2.75, 3.05) is 0 Å². The fourth-order valence-electron chi connectivity index (χ4n) is 0.790. The highest BCUT2D eigenvalue weighted by Gasteiger charge is 2.09. The van der Waals surface area contributed by atoms with Gasteiger partial charge in [0.25, 0.3) is 5.91 Å². The smallest absolute Gasteiger partial charge is 0.252 e. The average Bonchev–Trinajstić information content (AvgIpc) is 2.04. The summed E-state index contributed by atoms with van der Waals surface area (Å²) >= 11 is 0. The molecule has 0 aliphatic heterocycles. The molecule has 1 aromatic carbocycles. The summed E-state index contributed by atoms with van der Waals surface area (Å²) in [4.78, 5) is 14.5. The van der Waals surface area contributed by atoms with Crippen molar-refractivity contribution in [2.45, 2.75) is 0 Å².